The van der Waals surface area contributed by atoms with Crippen molar-refractivity contribution in [2.24, 2.45) is 0 Å². The van der Waals surface area contributed by atoms with Gasteiger partial charge in [-0.25, -0.2) is 0 Å². The van der Waals surface area contributed by atoms with Crippen LogP contribution in [0.2, 0.25) is 0 Å². The first-order valence-electron chi connectivity index (χ1n) is 11.9. The van der Waals surface area contributed by atoms with Crippen LogP contribution in [0, 0.1) is 0 Å². The van der Waals surface area contributed by atoms with Gasteiger partial charge in [0.05, 0.1) is 12.2 Å². The summed E-state index contributed by atoms with van der Waals surface area (Å²) in [5.41, 5.74) is -0.574. The monoisotopic (exact) mass is 536 g/mol. The number of aromatic hydroxyl groups is 2. The van der Waals surface area contributed by atoms with Crippen molar-refractivity contribution in [2.75, 3.05) is 6.61 Å². The smallest absolute Gasteiger partial charge is 0.229 e. The molecule has 0 spiro atoms. The summed E-state index contributed by atoms with van der Waals surface area (Å²) >= 11 is 0. The fourth-order valence-electron chi connectivity index (χ4n) is 4.41. The van der Waals surface area contributed by atoms with Crippen LogP contribution in [-0.4, -0.2) is 73.7 Å². The van der Waals surface area contributed by atoms with E-state index in [1.54, 1.807) is 30.3 Å². The molecule has 202 valence electrons. The number of aliphatic hydroxyl groups excluding tert-OH is 4. The highest BCUT2D eigenvalue weighted by atomic mass is 16.7. The molecule has 0 bridgehead atoms. The molecule has 5 rings (SSSR count). The Balaban J connectivity index is 1.64. The lowest BCUT2D eigenvalue weighted by atomic mass is 9.97. The zero-order valence-corrected chi connectivity index (χ0v) is 20.2. The Morgan fingerprint density at radius 1 is 0.897 bits per heavy atom. The van der Waals surface area contributed by atoms with Gasteiger partial charge >= 0.3 is 0 Å². The number of aliphatic hydroxyl groups is 4. The fourth-order valence-corrected chi connectivity index (χ4v) is 4.41. The van der Waals surface area contributed by atoms with Crippen LogP contribution >= 0.6 is 0 Å². The number of ether oxygens (including phenoxy) is 2. The molecule has 1 saturated heterocycles. The Bertz CT molecular complexity index is 1560. The molecule has 11 nitrogen and oxygen atoms in total. The molecule has 1 fully saturated rings. The first-order valence-corrected chi connectivity index (χ1v) is 11.9. The molecule has 1 aliphatic heterocycles. The maximum atomic E-state index is 13.7. The lowest BCUT2D eigenvalue weighted by Crippen LogP contribution is -2.60. The molecule has 0 saturated carbocycles. The van der Waals surface area contributed by atoms with Gasteiger partial charge in [-0.1, -0.05) is 42.5 Å². The zero-order valence-electron chi connectivity index (χ0n) is 20.2. The number of phenolic OH excluding ortho intramolecular Hbond substituents is 2. The van der Waals surface area contributed by atoms with E-state index >= 15 is 0 Å². The van der Waals surface area contributed by atoms with Crippen molar-refractivity contribution in [3.8, 4) is 28.4 Å². The molecule has 4 aromatic rings. The second-order valence-corrected chi connectivity index (χ2v) is 9.01. The second kappa shape index (κ2) is 10.5. The molecule has 1 aliphatic rings. The van der Waals surface area contributed by atoms with Crippen molar-refractivity contribution < 1.29 is 49.3 Å². The average Bonchev–Trinajstić information content (AvgIpc) is 2.93. The largest absolute Gasteiger partial charge is 0.508 e. The molecule has 0 amide bonds. The highest BCUT2D eigenvalue weighted by molar-refractivity contribution is 6.12. The van der Waals surface area contributed by atoms with Crippen molar-refractivity contribution in [3.05, 3.63) is 88.3 Å². The number of carbonyl (C=O) groups excluding carboxylic acids is 1. The van der Waals surface area contributed by atoms with Crippen molar-refractivity contribution in [1.29, 1.82) is 0 Å². The quantitative estimate of drug-likeness (QED) is 0.195. The third-order valence-electron chi connectivity index (χ3n) is 6.45. The maximum Gasteiger partial charge on any atom is 0.229 e. The summed E-state index contributed by atoms with van der Waals surface area (Å²) in [5.74, 6) is -1.73. The van der Waals surface area contributed by atoms with Crippen molar-refractivity contribution >= 4 is 16.8 Å². The predicted octanol–water partition coefficient (Wildman–Crippen LogP) is 1.28. The molecule has 1 aromatic heterocycles. The number of phenols is 2. The normalized spacial score (nSPS) is 23.0. The molecule has 2 heterocycles. The van der Waals surface area contributed by atoms with E-state index in [-0.39, 0.29) is 44.9 Å². The van der Waals surface area contributed by atoms with Crippen LogP contribution in [0.1, 0.15) is 16.1 Å². The summed E-state index contributed by atoms with van der Waals surface area (Å²) in [4.78, 5) is 27.1. The Morgan fingerprint density at radius 3 is 2.26 bits per heavy atom. The molecule has 0 aliphatic carbocycles. The summed E-state index contributed by atoms with van der Waals surface area (Å²) in [6.45, 7) is -0.673. The van der Waals surface area contributed by atoms with Crippen molar-refractivity contribution in [3.63, 3.8) is 0 Å². The number of ketones is 1. The Kier molecular flexibility index (Phi) is 7.08. The van der Waals surface area contributed by atoms with Gasteiger partial charge in [0, 0.05) is 17.7 Å². The molecule has 0 radical (unpaired) electrons. The summed E-state index contributed by atoms with van der Waals surface area (Å²) in [7, 11) is 0. The van der Waals surface area contributed by atoms with E-state index in [0.29, 0.717) is 0 Å². The van der Waals surface area contributed by atoms with Crippen molar-refractivity contribution in [1.82, 2.24) is 0 Å². The number of hydrogen-bond donors (Lipinski definition) is 6. The van der Waals surface area contributed by atoms with E-state index in [9.17, 15) is 40.2 Å². The van der Waals surface area contributed by atoms with Crippen LogP contribution in [0.3, 0.4) is 0 Å². The molecule has 11 heteroatoms. The molecule has 39 heavy (non-hydrogen) atoms. The van der Waals surface area contributed by atoms with Gasteiger partial charge in [-0.3, -0.25) is 9.59 Å². The maximum absolute atomic E-state index is 13.7. The minimum absolute atomic E-state index is 0.0577. The predicted molar refractivity (Wildman–Crippen MR) is 136 cm³/mol. The van der Waals surface area contributed by atoms with Gasteiger partial charge in [-0.15, -0.1) is 0 Å². The molecule has 3 aromatic carbocycles. The van der Waals surface area contributed by atoms with Gasteiger partial charge in [0.1, 0.15) is 52.6 Å². The van der Waals surface area contributed by atoms with E-state index in [4.69, 9.17) is 13.9 Å². The van der Waals surface area contributed by atoms with Gasteiger partial charge in [0.15, 0.2) is 5.76 Å². The molecule has 3 unspecified atom stereocenters. The fraction of sp³-hybridized carbons (Fsp3) is 0.214. The van der Waals surface area contributed by atoms with Gasteiger partial charge < -0.3 is 44.5 Å². The number of carbonyl (C=O) groups is 1. The van der Waals surface area contributed by atoms with Crippen LogP contribution in [0.15, 0.2) is 75.9 Å². The van der Waals surface area contributed by atoms with E-state index < -0.39 is 54.3 Å². The van der Waals surface area contributed by atoms with Crippen LogP contribution in [0.4, 0.5) is 0 Å². The van der Waals surface area contributed by atoms with E-state index in [0.717, 1.165) is 6.07 Å². The Labute approximate surface area is 220 Å². The third-order valence-corrected chi connectivity index (χ3v) is 6.45. The minimum Gasteiger partial charge on any atom is -0.508 e. The van der Waals surface area contributed by atoms with E-state index in [2.05, 4.69) is 0 Å². The Hall–Kier alpha value is -4.26. The summed E-state index contributed by atoms with van der Waals surface area (Å²) in [5, 5.41) is 59.9. The van der Waals surface area contributed by atoms with Gasteiger partial charge in [-0.2, -0.15) is 0 Å². The standard InChI is InChI=1S/C28H24O11/c29-12-19-23(33)25(35)26(36)28(39-19)37-16-10-17(31)21-18(11-16)38-27(22(32)14-4-2-1-3-5-14)20(24(21)34)13-6-8-15(30)9-7-13/h1-11,19,23,25-26,28-31,33,35-36H,12H2/t19?,23-,25?,26?,28-/m1/s1. The van der Waals surface area contributed by atoms with Gasteiger partial charge in [-0.05, 0) is 17.7 Å². The molecular formula is C28H24O11. The average molecular weight is 536 g/mol. The lowest BCUT2D eigenvalue weighted by molar-refractivity contribution is -0.277. The van der Waals surface area contributed by atoms with Gasteiger partial charge in [0.25, 0.3) is 0 Å². The summed E-state index contributed by atoms with van der Waals surface area (Å²) < 4.78 is 16.8. The molecule has 5 atom stereocenters. The first kappa shape index (κ1) is 26.4. The van der Waals surface area contributed by atoms with Crippen LogP contribution in [-0.2, 0) is 4.74 Å². The third kappa shape index (κ3) is 4.85. The topological polar surface area (TPSA) is 187 Å². The zero-order chi connectivity index (χ0) is 27.8. The van der Waals surface area contributed by atoms with Crippen LogP contribution in [0.5, 0.6) is 17.2 Å². The molecule has 6 N–H and O–H groups in total. The number of rotatable bonds is 6. The van der Waals surface area contributed by atoms with Crippen molar-refractivity contribution in [2.45, 2.75) is 30.7 Å². The van der Waals surface area contributed by atoms with E-state index in [1.807, 2.05) is 0 Å². The molecular weight excluding hydrogens is 512 g/mol. The summed E-state index contributed by atoms with van der Waals surface area (Å²) in [6.07, 6.45) is -7.82. The van der Waals surface area contributed by atoms with E-state index in [1.165, 1.54) is 30.3 Å². The number of hydrogen-bond acceptors (Lipinski definition) is 11. The highest BCUT2D eigenvalue weighted by Gasteiger charge is 2.44. The number of fused-ring (bicyclic) bond motifs is 1. The first-order chi connectivity index (χ1) is 18.7. The minimum atomic E-state index is -1.72. The number of benzene rings is 3. The van der Waals surface area contributed by atoms with Crippen LogP contribution < -0.4 is 10.2 Å². The van der Waals surface area contributed by atoms with Crippen LogP contribution in [0.25, 0.3) is 22.1 Å². The van der Waals surface area contributed by atoms with Gasteiger partial charge in [0.2, 0.25) is 17.5 Å². The summed E-state index contributed by atoms with van der Waals surface area (Å²) in [6, 6.07) is 15.9. The highest BCUT2D eigenvalue weighted by Crippen LogP contribution is 2.35. The second-order valence-electron chi connectivity index (χ2n) is 9.01. The Morgan fingerprint density at radius 2 is 1.59 bits per heavy atom. The lowest BCUT2D eigenvalue weighted by Gasteiger charge is -2.39. The SMILES string of the molecule is O=C(c1ccccc1)c1oc2cc(O[C@@H]3OC(CO)[C@@H](O)C(O)C3O)cc(O)c2c(=O)c1-c1ccc(O)cc1.